The van der Waals surface area contributed by atoms with Crippen LogP contribution in [0.25, 0.3) is 0 Å². The molecule has 0 amide bonds. The topological polar surface area (TPSA) is 104 Å². The number of rotatable bonds is 3. The molecule has 18 heavy (non-hydrogen) atoms. The van der Waals surface area contributed by atoms with Crippen LogP contribution in [0.3, 0.4) is 0 Å². The Labute approximate surface area is 106 Å². The second-order valence-corrected chi connectivity index (χ2v) is 3.58. The fraction of sp³-hybridized carbons (Fsp3) is 0. The molecule has 0 radical (unpaired) electrons. The van der Waals surface area contributed by atoms with Crippen molar-refractivity contribution in [3.05, 3.63) is 45.7 Å². The first-order chi connectivity index (χ1) is 8.59. The van der Waals surface area contributed by atoms with Gasteiger partial charge < -0.3 is 10.5 Å². The number of anilines is 1. The highest BCUT2D eigenvalue weighted by atomic mass is 35.5. The van der Waals surface area contributed by atoms with Crippen LogP contribution in [0, 0.1) is 10.1 Å². The standard InChI is InChI=1S/C10H7ClN4O3/c11-8-9(12)13-5-14-10(8)18-7-4-2-1-3-6(7)15(16)17/h1-5H,(H2,12,13,14). The van der Waals surface area contributed by atoms with Gasteiger partial charge in [0.2, 0.25) is 11.6 Å². The van der Waals surface area contributed by atoms with E-state index in [-0.39, 0.29) is 28.2 Å². The summed E-state index contributed by atoms with van der Waals surface area (Å²) in [5.41, 5.74) is 5.29. The van der Waals surface area contributed by atoms with E-state index in [1.54, 1.807) is 6.07 Å². The zero-order valence-corrected chi connectivity index (χ0v) is 9.66. The summed E-state index contributed by atoms with van der Waals surface area (Å²) in [6.07, 6.45) is 1.16. The third kappa shape index (κ3) is 2.30. The molecule has 2 rings (SSSR count). The molecule has 92 valence electrons. The first kappa shape index (κ1) is 12.1. The number of nitro groups is 1. The molecule has 0 unspecified atom stereocenters. The lowest BCUT2D eigenvalue weighted by Crippen LogP contribution is -1.98. The minimum atomic E-state index is -0.562. The van der Waals surface area contributed by atoms with Crippen molar-refractivity contribution >= 4 is 23.1 Å². The molecule has 0 atom stereocenters. The Bertz CT molecular complexity index is 605. The summed E-state index contributed by atoms with van der Waals surface area (Å²) in [5.74, 6) is 0.0428. The van der Waals surface area contributed by atoms with Crippen molar-refractivity contribution < 1.29 is 9.66 Å². The highest BCUT2D eigenvalue weighted by Crippen LogP contribution is 2.34. The van der Waals surface area contributed by atoms with E-state index in [2.05, 4.69) is 9.97 Å². The zero-order chi connectivity index (χ0) is 13.1. The third-order valence-electron chi connectivity index (χ3n) is 2.05. The molecule has 0 fully saturated rings. The molecular formula is C10H7ClN4O3. The first-order valence-electron chi connectivity index (χ1n) is 4.77. The maximum absolute atomic E-state index is 10.8. The van der Waals surface area contributed by atoms with Crippen molar-refractivity contribution in [1.82, 2.24) is 9.97 Å². The predicted octanol–water partition coefficient (Wildman–Crippen LogP) is 2.41. The lowest BCUT2D eigenvalue weighted by atomic mass is 10.3. The van der Waals surface area contributed by atoms with Crippen LogP contribution in [0.4, 0.5) is 11.5 Å². The van der Waals surface area contributed by atoms with E-state index in [1.165, 1.54) is 18.2 Å². The predicted molar refractivity (Wildman–Crippen MR) is 64.6 cm³/mol. The Morgan fingerprint density at radius 2 is 2.06 bits per heavy atom. The minimum Gasteiger partial charge on any atom is -0.430 e. The van der Waals surface area contributed by atoms with Crippen LogP contribution in [0.2, 0.25) is 5.02 Å². The van der Waals surface area contributed by atoms with Crippen molar-refractivity contribution in [2.24, 2.45) is 0 Å². The smallest absolute Gasteiger partial charge is 0.311 e. The lowest BCUT2D eigenvalue weighted by molar-refractivity contribution is -0.385. The van der Waals surface area contributed by atoms with Crippen molar-refractivity contribution in [3.63, 3.8) is 0 Å². The number of nitro benzene ring substituents is 1. The van der Waals surface area contributed by atoms with E-state index in [9.17, 15) is 10.1 Å². The molecule has 0 aliphatic rings. The van der Waals surface area contributed by atoms with Crippen LogP contribution >= 0.6 is 11.6 Å². The number of para-hydroxylation sites is 2. The van der Waals surface area contributed by atoms with Gasteiger partial charge in [-0.05, 0) is 6.07 Å². The average Bonchev–Trinajstić information content (AvgIpc) is 2.35. The van der Waals surface area contributed by atoms with Crippen LogP contribution in [0.5, 0.6) is 11.6 Å². The molecule has 0 saturated carbocycles. The fourth-order valence-corrected chi connectivity index (χ4v) is 1.37. The number of nitrogen functional groups attached to an aromatic ring is 1. The van der Waals surface area contributed by atoms with E-state index in [0.717, 1.165) is 6.33 Å². The molecule has 0 bridgehead atoms. The summed E-state index contributed by atoms with van der Waals surface area (Å²) in [6.45, 7) is 0. The van der Waals surface area contributed by atoms with Gasteiger partial charge in [-0.3, -0.25) is 10.1 Å². The van der Waals surface area contributed by atoms with Gasteiger partial charge in [0.15, 0.2) is 0 Å². The Morgan fingerprint density at radius 1 is 1.33 bits per heavy atom. The number of hydrogen-bond donors (Lipinski definition) is 1. The van der Waals surface area contributed by atoms with E-state index < -0.39 is 4.92 Å². The van der Waals surface area contributed by atoms with Crippen LogP contribution < -0.4 is 10.5 Å². The second-order valence-electron chi connectivity index (χ2n) is 3.20. The van der Waals surface area contributed by atoms with Crippen molar-refractivity contribution in [2.75, 3.05) is 5.73 Å². The third-order valence-corrected chi connectivity index (χ3v) is 2.41. The van der Waals surface area contributed by atoms with Gasteiger partial charge in [-0.1, -0.05) is 23.7 Å². The van der Waals surface area contributed by atoms with Crippen LogP contribution in [-0.4, -0.2) is 14.9 Å². The van der Waals surface area contributed by atoms with E-state index >= 15 is 0 Å². The van der Waals surface area contributed by atoms with E-state index in [4.69, 9.17) is 22.1 Å². The Balaban J connectivity index is 2.40. The summed E-state index contributed by atoms with van der Waals surface area (Å²) >= 11 is 5.83. The summed E-state index contributed by atoms with van der Waals surface area (Å²) in [7, 11) is 0. The monoisotopic (exact) mass is 266 g/mol. The summed E-state index contributed by atoms with van der Waals surface area (Å²) in [4.78, 5) is 17.7. The van der Waals surface area contributed by atoms with Crippen molar-refractivity contribution in [3.8, 4) is 11.6 Å². The zero-order valence-electron chi connectivity index (χ0n) is 8.91. The molecular weight excluding hydrogens is 260 g/mol. The van der Waals surface area contributed by atoms with Gasteiger partial charge in [0.05, 0.1) is 4.92 Å². The van der Waals surface area contributed by atoms with Crippen molar-refractivity contribution in [2.45, 2.75) is 0 Å². The molecule has 7 nitrogen and oxygen atoms in total. The number of halogens is 1. The summed E-state index contributed by atoms with van der Waals surface area (Å²) in [5, 5.41) is 10.8. The molecule has 2 N–H and O–H groups in total. The summed E-state index contributed by atoms with van der Waals surface area (Å²) in [6, 6.07) is 5.88. The number of nitrogens with two attached hydrogens (primary N) is 1. The number of nitrogens with zero attached hydrogens (tertiary/aromatic N) is 3. The number of ether oxygens (including phenoxy) is 1. The largest absolute Gasteiger partial charge is 0.430 e. The van der Waals surface area contributed by atoms with Crippen LogP contribution in [0.1, 0.15) is 0 Å². The number of aromatic nitrogens is 2. The highest BCUT2D eigenvalue weighted by Gasteiger charge is 2.17. The Morgan fingerprint density at radius 3 is 2.78 bits per heavy atom. The minimum absolute atomic E-state index is 0.00986. The Kier molecular flexibility index (Phi) is 3.24. The number of benzene rings is 1. The molecule has 1 aromatic carbocycles. The van der Waals surface area contributed by atoms with Gasteiger partial charge in [0.25, 0.3) is 0 Å². The van der Waals surface area contributed by atoms with Gasteiger partial charge in [0, 0.05) is 6.07 Å². The van der Waals surface area contributed by atoms with Gasteiger partial charge in [0.1, 0.15) is 17.2 Å². The van der Waals surface area contributed by atoms with Gasteiger partial charge in [-0.15, -0.1) is 0 Å². The van der Waals surface area contributed by atoms with Crippen molar-refractivity contribution in [1.29, 1.82) is 0 Å². The maximum Gasteiger partial charge on any atom is 0.311 e. The highest BCUT2D eigenvalue weighted by molar-refractivity contribution is 6.34. The summed E-state index contributed by atoms with van der Waals surface area (Å²) < 4.78 is 5.28. The van der Waals surface area contributed by atoms with Gasteiger partial charge >= 0.3 is 5.69 Å². The molecule has 8 heteroatoms. The molecule has 1 heterocycles. The molecule has 0 aliphatic heterocycles. The lowest BCUT2D eigenvalue weighted by Gasteiger charge is -2.06. The molecule has 2 aromatic rings. The molecule has 0 spiro atoms. The first-order valence-corrected chi connectivity index (χ1v) is 5.14. The fourth-order valence-electron chi connectivity index (χ4n) is 1.24. The quantitative estimate of drug-likeness (QED) is 0.676. The Hall–Kier alpha value is -2.41. The SMILES string of the molecule is Nc1ncnc(Oc2ccccc2[N+](=O)[O-])c1Cl. The van der Waals surface area contributed by atoms with E-state index in [0.29, 0.717) is 0 Å². The molecule has 1 aromatic heterocycles. The van der Waals surface area contributed by atoms with E-state index in [1.807, 2.05) is 0 Å². The molecule has 0 aliphatic carbocycles. The molecule has 0 saturated heterocycles. The van der Waals surface area contributed by atoms with Gasteiger partial charge in [-0.2, -0.15) is 4.98 Å². The van der Waals surface area contributed by atoms with Crippen LogP contribution in [-0.2, 0) is 0 Å². The number of hydrogen-bond acceptors (Lipinski definition) is 6. The normalized spacial score (nSPS) is 10.1. The van der Waals surface area contributed by atoms with Crippen LogP contribution in [0.15, 0.2) is 30.6 Å². The maximum atomic E-state index is 10.8. The van der Waals surface area contributed by atoms with Gasteiger partial charge in [-0.25, -0.2) is 4.98 Å². The average molecular weight is 267 g/mol. The second kappa shape index (κ2) is 4.84.